The van der Waals surface area contributed by atoms with Crippen LogP contribution >= 0.6 is 0 Å². The number of aliphatic hydroxyl groups excluding tert-OH is 2. The van der Waals surface area contributed by atoms with Crippen LogP contribution in [0.15, 0.2) is 12.0 Å². The van der Waals surface area contributed by atoms with E-state index < -0.39 is 11.9 Å². The van der Waals surface area contributed by atoms with E-state index in [1.54, 1.807) is 0 Å². The van der Waals surface area contributed by atoms with Gasteiger partial charge in [-0.3, -0.25) is 0 Å². The van der Waals surface area contributed by atoms with Crippen LogP contribution in [-0.4, -0.2) is 25.0 Å². The average Bonchev–Trinajstić information content (AvgIpc) is 2.40. The van der Waals surface area contributed by atoms with Crippen LogP contribution in [0.5, 0.6) is 11.5 Å². The van der Waals surface area contributed by atoms with Gasteiger partial charge in [-0.15, -0.1) is 0 Å². The fraction of sp³-hybridized carbons (Fsp3) is 0.143. The van der Waals surface area contributed by atoms with Gasteiger partial charge in [0.2, 0.25) is 0 Å². The fourth-order valence-corrected chi connectivity index (χ4v) is 1.25. The number of fused-ring (bicyclic) bond motifs is 1. The van der Waals surface area contributed by atoms with Crippen LogP contribution in [0, 0.1) is 0 Å². The van der Waals surface area contributed by atoms with Gasteiger partial charge in [-0.25, -0.2) is 0 Å². The molecule has 1 aromatic heterocycles. The first-order valence-corrected chi connectivity index (χ1v) is 3.32. The van der Waals surface area contributed by atoms with E-state index in [4.69, 9.17) is 10.2 Å². The predicted octanol–water partition coefficient (Wildman–Crippen LogP) is 0.303. The van der Waals surface area contributed by atoms with Gasteiger partial charge in [-0.1, -0.05) is 0 Å². The summed E-state index contributed by atoms with van der Waals surface area (Å²) < 4.78 is 1.27. The zero-order valence-corrected chi connectivity index (χ0v) is 5.97. The third-order valence-corrected chi connectivity index (χ3v) is 1.84. The van der Waals surface area contributed by atoms with Crippen molar-refractivity contribution >= 4 is 6.20 Å². The number of nitrogens with zero attached hydrogens (tertiary/aromatic N) is 1. The molecule has 4 N–H and O–H groups in total. The first-order chi connectivity index (χ1) is 5.61. The van der Waals surface area contributed by atoms with Gasteiger partial charge < -0.3 is 25.0 Å². The SMILES string of the molecule is OC1=Cn2cc(O)c(O)c2C1O. The number of aromatic nitrogens is 1. The van der Waals surface area contributed by atoms with E-state index in [1.165, 1.54) is 17.0 Å². The van der Waals surface area contributed by atoms with E-state index in [1.807, 2.05) is 0 Å². The molecule has 1 aliphatic rings. The number of aromatic hydroxyl groups is 2. The molecule has 0 spiro atoms. The minimum absolute atomic E-state index is 0.0880. The lowest BCUT2D eigenvalue weighted by molar-refractivity contribution is 0.156. The van der Waals surface area contributed by atoms with Crippen molar-refractivity contribution < 1.29 is 20.4 Å². The van der Waals surface area contributed by atoms with Crippen LogP contribution < -0.4 is 0 Å². The first-order valence-electron chi connectivity index (χ1n) is 3.32. The Bertz CT molecular complexity index is 366. The van der Waals surface area contributed by atoms with Crippen molar-refractivity contribution in [1.82, 2.24) is 4.57 Å². The molecule has 1 aromatic rings. The lowest BCUT2D eigenvalue weighted by atomic mass is 10.2. The van der Waals surface area contributed by atoms with Gasteiger partial charge in [0, 0.05) is 6.20 Å². The van der Waals surface area contributed by atoms with Crippen LogP contribution in [-0.2, 0) is 0 Å². The Morgan fingerprint density at radius 3 is 2.50 bits per heavy atom. The summed E-state index contributed by atoms with van der Waals surface area (Å²) in [6.45, 7) is 0. The van der Waals surface area contributed by atoms with Crippen LogP contribution in [0.1, 0.15) is 11.8 Å². The van der Waals surface area contributed by atoms with Crippen LogP contribution in [0.3, 0.4) is 0 Å². The highest BCUT2D eigenvalue weighted by Crippen LogP contribution is 2.41. The van der Waals surface area contributed by atoms with Crippen LogP contribution in [0.2, 0.25) is 0 Å². The molecule has 1 aliphatic heterocycles. The van der Waals surface area contributed by atoms with E-state index in [0.717, 1.165) is 0 Å². The van der Waals surface area contributed by atoms with E-state index in [9.17, 15) is 10.2 Å². The third-order valence-electron chi connectivity index (χ3n) is 1.84. The Morgan fingerprint density at radius 1 is 1.25 bits per heavy atom. The molecule has 0 bridgehead atoms. The molecule has 0 aliphatic carbocycles. The van der Waals surface area contributed by atoms with Crippen molar-refractivity contribution in [2.45, 2.75) is 6.10 Å². The number of rotatable bonds is 0. The van der Waals surface area contributed by atoms with E-state index in [0.29, 0.717) is 0 Å². The minimum atomic E-state index is -1.24. The number of hydrogen-bond acceptors (Lipinski definition) is 4. The molecule has 0 radical (unpaired) electrons. The standard InChI is InChI=1S/C7H7NO4/c9-3-1-8-2-4(10)7(12)5(8)6(3)11/h1-2,6,9-12H. The normalized spacial score (nSPS) is 20.8. The second-order valence-corrected chi connectivity index (χ2v) is 2.61. The van der Waals surface area contributed by atoms with Crippen molar-refractivity contribution in [3.63, 3.8) is 0 Å². The molecule has 0 amide bonds. The Hall–Kier alpha value is -1.62. The highest BCUT2D eigenvalue weighted by Gasteiger charge is 2.29. The summed E-state index contributed by atoms with van der Waals surface area (Å²) in [6.07, 6.45) is 1.18. The lowest BCUT2D eigenvalue weighted by Crippen LogP contribution is -1.96. The Morgan fingerprint density at radius 2 is 1.92 bits per heavy atom. The van der Waals surface area contributed by atoms with Crippen molar-refractivity contribution in [3.8, 4) is 11.5 Å². The molecule has 2 heterocycles. The first kappa shape index (κ1) is 7.05. The number of hydrogen-bond donors (Lipinski definition) is 4. The predicted molar refractivity (Wildman–Crippen MR) is 39.6 cm³/mol. The lowest BCUT2D eigenvalue weighted by Gasteiger charge is -2.01. The maximum absolute atomic E-state index is 9.23. The van der Waals surface area contributed by atoms with Crippen molar-refractivity contribution in [1.29, 1.82) is 0 Å². The molecule has 2 rings (SSSR count). The number of aliphatic hydroxyl groups is 2. The summed E-state index contributed by atoms with van der Waals surface area (Å²) in [7, 11) is 0. The molecule has 5 nitrogen and oxygen atoms in total. The molecular weight excluding hydrogens is 162 g/mol. The summed E-state index contributed by atoms with van der Waals surface area (Å²) in [5.74, 6) is -0.962. The summed E-state index contributed by atoms with van der Waals surface area (Å²) in [6, 6.07) is 0. The van der Waals surface area contributed by atoms with Crippen LogP contribution in [0.4, 0.5) is 0 Å². The third kappa shape index (κ3) is 0.656. The van der Waals surface area contributed by atoms with Gasteiger partial charge in [0.15, 0.2) is 17.6 Å². The Kier molecular flexibility index (Phi) is 1.15. The largest absolute Gasteiger partial charge is 0.508 e. The quantitative estimate of drug-likeness (QED) is 0.450. The van der Waals surface area contributed by atoms with E-state index in [2.05, 4.69) is 0 Å². The molecule has 12 heavy (non-hydrogen) atoms. The maximum Gasteiger partial charge on any atom is 0.182 e. The second kappa shape index (κ2) is 1.95. The molecule has 0 fully saturated rings. The van der Waals surface area contributed by atoms with Gasteiger partial charge in [-0.05, 0) is 0 Å². The monoisotopic (exact) mass is 169 g/mol. The van der Waals surface area contributed by atoms with Crippen molar-refractivity contribution in [2.75, 3.05) is 0 Å². The zero-order valence-electron chi connectivity index (χ0n) is 5.97. The highest BCUT2D eigenvalue weighted by atomic mass is 16.3. The smallest absolute Gasteiger partial charge is 0.182 e. The van der Waals surface area contributed by atoms with Gasteiger partial charge >= 0.3 is 0 Å². The second-order valence-electron chi connectivity index (χ2n) is 2.61. The van der Waals surface area contributed by atoms with Gasteiger partial charge in [0.05, 0.1) is 6.20 Å². The van der Waals surface area contributed by atoms with E-state index in [-0.39, 0.29) is 17.2 Å². The van der Waals surface area contributed by atoms with Crippen molar-refractivity contribution in [3.05, 3.63) is 17.6 Å². The van der Waals surface area contributed by atoms with Gasteiger partial charge in [-0.2, -0.15) is 0 Å². The summed E-state index contributed by atoms with van der Waals surface area (Å²) in [5, 5.41) is 36.4. The van der Waals surface area contributed by atoms with Crippen molar-refractivity contribution in [2.24, 2.45) is 0 Å². The summed E-state index contributed by atoms with van der Waals surface area (Å²) in [5.41, 5.74) is 0.0880. The summed E-state index contributed by atoms with van der Waals surface area (Å²) in [4.78, 5) is 0. The molecular formula is C7H7NO4. The molecule has 0 saturated carbocycles. The van der Waals surface area contributed by atoms with Gasteiger partial charge in [0.25, 0.3) is 0 Å². The fourth-order valence-electron chi connectivity index (χ4n) is 1.25. The van der Waals surface area contributed by atoms with Crippen LogP contribution in [0.25, 0.3) is 6.20 Å². The Labute approximate surface area is 67.4 Å². The zero-order chi connectivity index (χ0) is 8.88. The molecule has 0 aromatic carbocycles. The minimum Gasteiger partial charge on any atom is -0.508 e. The summed E-state index contributed by atoms with van der Waals surface area (Å²) >= 11 is 0. The van der Waals surface area contributed by atoms with Gasteiger partial charge in [0.1, 0.15) is 11.5 Å². The molecule has 0 saturated heterocycles. The maximum atomic E-state index is 9.23. The molecule has 1 unspecified atom stereocenters. The molecule has 64 valence electrons. The average molecular weight is 169 g/mol. The topological polar surface area (TPSA) is 85.9 Å². The Balaban J connectivity index is 2.63. The highest BCUT2D eigenvalue weighted by molar-refractivity contribution is 5.55. The van der Waals surface area contributed by atoms with E-state index >= 15 is 0 Å². The molecule has 5 heteroatoms. The molecule has 1 atom stereocenters.